The number of hydrogen-bond donors (Lipinski definition) is 2. The highest BCUT2D eigenvalue weighted by atomic mass is 16.2. The SMILES string of the molecule is CNc1ncccc1C(=O)N(C)Cc1n[nH]c(C)n1. The number of amides is 1. The Morgan fingerprint density at radius 3 is 2.95 bits per heavy atom. The van der Waals surface area contributed by atoms with Crippen LogP contribution in [0.3, 0.4) is 0 Å². The van der Waals surface area contributed by atoms with Crippen LogP contribution in [0.5, 0.6) is 0 Å². The van der Waals surface area contributed by atoms with Crippen LogP contribution in [0.2, 0.25) is 0 Å². The summed E-state index contributed by atoms with van der Waals surface area (Å²) in [5.41, 5.74) is 0.528. The van der Waals surface area contributed by atoms with E-state index in [1.165, 1.54) is 0 Å². The average molecular weight is 260 g/mol. The highest BCUT2D eigenvalue weighted by Gasteiger charge is 2.17. The Hall–Kier alpha value is -2.44. The van der Waals surface area contributed by atoms with E-state index in [1.807, 2.05) is 6.92 Å². The number of aromatic amines is 1. The summed E-state index contributed by atoms with van der Waals surface area (Å²) < 4.78 is 0. The number of pyridine rings is 1. The summed E-state index contributed by atoms with van der Waals surface area (Å²) >= 11 is 0. The van der Waals surface area contributed by atoms with Gasteiger partial charge in [0.05, 0.1) is 12.1 Å². The molecule has 2 rings (SSSR count). The molecule has 0 saturated carbocycles. The molecule has 0 bridgehead atoms. The molecular formula is C12H16N6O. The third kappa shape index (κ3) is 2.87. The Balaban J connectivity index is 2.14. The van der Waals surface area contributed by atoms with E-state index in [-0.39, 0.29) is 5.91 Å². The molecule has 0 aromatic carbocycles. The van der Waals surface area contributed by atoms with E-state index in [0.717, 1.165) is 5.82 Å². The van der Waals surface area contributed by atoms with Crippen LogP contribution in [0.25, 0.3) is 0 Å². The number of carbonyl (C=O) groups excluding carboxylic acids is 1. The first kappa shape index (κ1) is 13.0. The van der Waals surface area contributed by atoms with Crippen molar-refractivity contribution < 1.29 is 4.79 Å². The maximum Gasteiger partial charge on any atom is 0.257 e. The lowest BCUT2D eigenvalue weighted by atomic mass is 10.2. The van der Waals surface area contributed by atoms with Crippen molar-refractivity contribution in [3.05, 3.63) is 35.5 Å². The fourth-order valence-electron chi connectivity index (χ4n) is 1.73. The van der Waals surface area contributed by atoms with Crippen LogP contribution in [0.15, 0.2) is 18.3 Å². The Labute approximate surface area is 111 Å². The number of nitrogens with one attached hydrogen (secondary N) is 2. The normalized spacial score (nSPS) is 10.3. The zero-order valence-corrected chi connectivity index (χ0v) is 11.1. The highest BCUT2D eigenvalue weighted by molar-refractivity contribution is 5.98. The van der Waals surface area contributed by atoms with E-state index >= 15 is 0 Å². The summed E-state index contributed by atoms with van der Waals surface area (Å²) in [4.78, 5) is 22.2. The maximum absolute atomic E-state index is 12.3. The van der Waals surface area contributed by atoms with E-state index in [0.29, 0.717) is 23.8 Å². The molecular weight excluding hydrogens is 244 g/mol. The quantitative estimate of drug-likeness (QED) is 0.850. The molecule has 7 nitrogen and oxygen atoms in total. The number of rotatable bonds is 4. The van der Waals surface area contributed by atoms with Gasteiger partial charge in [-0.15, -0.1) is 0 Å². The summed E-state index contributed by atoms with van der Waals surface area (Å²) in [6, 6.07) is 3.47. The fraction of sp³-hybridized carbons (Fsp3) is 0.333. The van der Waals surface area contributed by atoms with Crippen molar-refractivity contribution in [3.63, 3.8) is 0 Å². The van der Waals surface area contributed by atoms with Gasteiger partial charge in [0.1, 0.15) is 11.6 Å². The third-order valence-corrected chi connectivity index (χ3v) is 2.64. The number of hydrogen-bond acceptors (Lipinski definition) is 5. The molecule has 1 amide bonds. The minimum Gasteiger partial charge on any atom is -0.372 e. The second-order valence-electron chi connectivity index (χ2n) is 4.15. The van der Waals surface area contributed by atoms with Crippen LogP contribution < -0.4 is 5.32 Å². The number of aryl methyl sites for hydroxylation is 1. The molecule has 0 aliphatic rings. The minimum atomic E-state index is -0.125. The fourth-order valence-corrected chi connectivity index (χ4v) is 1.73. The number of H-pyrrole nitrogens is 1. The van der Waals surface area contributed by atoms with Crippen molar-refractivity contribution in [3.8, 4) is 0 Å². The molecule has 2 heterocycles. The summed E-state index contributed by atoms with van der Waals surface area (Å²) in [6.45, 7) is 2.17. The lowest BCUT2D eigenvalue weighted by Crippen LogP contribution is -2.27. The molecule has 0 aliphatic carbocycles. The molecule has 0 saturated heterocycles. The molecule has 0 atom stereocenters. The lowest BCUT2D eigenvalue weighted by molar-refractivity contribution is 0.0782. The van der Waals surface area contributed by atoms with Crippen molar-refractivity contribution in [1.29, 1.82) is 0 Å². The first-order valence-corrected chi connectivity index (χ1v) is 5.88. The Morgan fingerprint density at radius 2 is 2.32 bits per heavy atom. The topological polar surface area (TPSA) is 86.8 Å². The summed E-state index contributed by atoms with van der Waals surface area (Å²) in [7, 11) is 3.44. The van der Waals surface area contributed by atoms with Gasteiger partial charge in [0.15, 0.2) is 5.82 Å². The lowest BCUT2D eigenvalue weighted by Gasteiger charge is -2.16. The van der Waals surface area contributed by atoms with Gasteiger partial charge in [0.25, 0.3) is 5.91 Å². The predicted octanol–water partition coefficient (Wildman–Crippen LogP) is 0.822. The molecule has 0 fully saturated rings. The second-order valence-corrected chi connectivity index (χ2v) is 4.15. The Kier molecular flexibility index (Phi) is 3.74. The molecule has 2 aromatic heterocycles. The Bertz CT molecular complexity index is 579. The monoisotopic (exact) mass is 260 g/mol. The number of carbonyl (C=O) groups is 1. The highest BCUT2D eigenvalue weighted by Crippen LogP contribution is 2.13. The molecule has 19 heavy (non-hydrogen) atoms. The first-order valence-electron chi connectivity index (χ1n) is 5.88. The smallest absolute Gasteiger partial charge is 0.257 e. The number of nitrogens with zero attached hydrogens (tertiary/aromatic N) is 4. The van der Waals surface area contributed by atoms with E-state index in [1.54, 1.807) is 37.3 Å². The number of aromatic nitrogens is 4. The number of anilines is 1. The van der Waals surface area contributed by atoms with Crippen molar-refractivity contribution in [2.24, 2.45) is 0 Å². The van der Waals surface area contributed by atoms with Crippen molar-refractivity contribution in [2.45, 2.75) is 13.5 Å². The van der Waals surface area contributed by atoms with Crippen LogP contribution in [-0.2, 0) is 6.54 Å². The van der Waals surface area contributed by atoms with E-state index in [2.05, 4.69) is 25.5 Å². The molecule has 0 spiro atoms. The van der Waals surface area contributed by atoms with Crippen LogP contribution in [0.1, 0.15) is 22.0 Å². The maximum atomic E-state index is 12.3. The van der Waals surface area contributed by atoms with Gasteiger partial charge in [0.2, 0.25) is 0 Å². The van der Waals surface area contributed by atoms with Crippen LogP contribution in [-0.4, -0.2) is 45.1 Å². The molecule has 0 radical (unpaired) electrons. The third-order valence-electron chi connectivity index (χ3n) is 2.64. The first-order chi connectivity index (χ1) is 9.11. The zero-order valence-electron chi connectivity index (χ0n) is 11.1. The summed E-state index contributed by atoms with van der Waals surface area (Å²) in [6.07, 6.45) is 1.64. The van der Waals surface area contributed by atoms with Gasteiger partial charge in [-0.2, -0.15) is 5.10 Å². The summed E-state index contributed by atoms with van der Waals surface area (Å²) in [5, 5.41) is 9.67. The molecule has 100 valence electrons. The molecule has 2 aromatic rings. The van der Waals surface area contributed by atoms with Gasteiger partial charge < -0.3 is 10.2 Å². The largest absolute Gasteiger partial charge is 0.372 e. The second kappa shape index (κ2) is 5.47. The summed E-state index contributed by atoms with van der Waals surface area (Å²) in [5.74, 6) is 1.75. The minimum absolute atomic E-state index is 0.125. The van der Waals surface area contributed by atoms with E-state index in [9.17, 15) is 4.79 Å². The van der Waals surface area contributed by atoms with Gasteiger partial charge >= 0.3 is 0 Å². The molecule has 0 aliphatic heterocycles. The predicted molar refractivity (Wildman–Crippen MR) is 70.7 cm³/mol. The van der Waals surface area contributed by atoms with Crippen molar-refractivity contribution >= 4 is 11.7 Å². The molecule has 2 N–H and O–H groups in total. The van der Waals surface area contributed by atoms with Crippen molar-refractivity contribution in [2.75, 3.05) is 19.4 Å². The Morgan fingerprint density at radius 1 is 1.53 bits per heavy atom. The molecule has 0 unspecified atom stereocenters. The van der Waals surface area contributed by atoms with Crippen LogP contribution in [0.4, 0.5) is 5.82 Å². The van der Waals surface area contributed by atoms with Gasteiger partial charge in [0, 0.05) is 20.3 Å². The molecule has 7 heteroatoms. The standard InChI is InChI=1S/C12H16N6O/c1-8-15-10(17-16-8)7-18(3)12(19)9-5-4-6-14-11(9)13-2/h4-6H,7H2,1-3H3,(H,13,14)(H,15,16,17). The van der Waals surface area contributed by atoms with Gasteiger partial charge in [-0.3, -0.25) is 9.89 Å². The van der Waals surface area contributed by atoms with Gasteiger partial charge in [-0.1, -0.05) is 0 Å². The van der Waals surface area contributed by atoms with E-state index < -0.39 is 0 Å². The van der Waals surface area contributed by atoms with Crippen LogP contribution >= 0.6 is 0 Å². The van der Waals surface area contributed by atoms with Crippen LogP contribution in [0, 0.1) is 6.92 Å². The van der Waals surface area contributed by atoms with Crippen molar-refractivity contribution in [1.82, 2.24) is 25.1 Å². The zero-order chi connectivity index (χ0) is 13.8. The average Bonchev–Trinajstić information content (AvgIpc) is 2.83. The van der Waals surface area contributed by atoms with E-state index in [4.69, 9.17) is 0 Å². The van der Waals surface area contributed by atoms with Gasteiger partial charge in [-0.25, -0.2) is 9.97 Å². The van der Waals surface area contributed by atoms with Gasteiger partial charge in [-0.05, 0) is 19.1 Å².